The van der Waals surface area contributed by atoms with Crippen molar-refractivity contribution in [2.24, 2.45) is 0 Å². The fourth-order valence-corrected chi connectivity index (χ4v) is 3.58. The zero-order valence-corrected chi connectivity index (χ0v) is 23.6. The summed E-state index contributed by atoms with van der Waals surface area (Å²) in [6.07, 6.45) is 13.8. The van der Waals surface area contributed by atoms with E-state index in [-0.39, 0.29) is 6.42 Å². The van der Waals surface area contributed by atoms with Crippen molar-refractivity contribution in [2.45, 2.75) is 143 Å². The summed E-state index contributed by atoms with van der Waals surface area (Å²) in [5, 5.41) is 49.7. The largest absolute Gasteiger partial charge is 0.390 e. The Morgan fingerprint density at radius 1 is 0.600 bits per heavy atom. The summed E-state index contributed by atoms with van der Waals surface area (Å²) < 4.78 is 0. The molecule has 0 bridgehead atoms. The van der Waals surface area contributed by atoms with Gasteiger partial charge in [-0.3, -0.25) is 0 Å². The molecule has 5 heteroatoms. The molecule has 5 nitrogen and oxygen atoms in total. The molecule has 5 N–H and O–H groups in total. The molecule has 0 heterocycles. The molecule has 3 atom stereocenters. The fourth-order valence-electron chi connectivity index (χ4n) is 3.58. The molecule has 0 aliphatic carbocycles. The third-order valence-corrected chi connectivity index (χ3v) is 6.60. The van der Waals surface area contributed by atoms with E-state index in [9.17, 15) is 25.5 Å². The Balaban J connectivity index is 4.28. The van der Waals surface area contributed by atoms with Crippen molar-refractivity contribution in [1.82, 2.24) is 0 Å². The van der Waals surface area contributed by atoms with E-state index in [1.54, 1.807) is 27.7 Å². The van der Waals surface area contributed by atoms with Gasteiger partial charge in [0.2, 0.25) is 0 Å². The maximum Gasteiger partial charge on any atom is 0.0850 e. The molecule has 0 aromatic rings. The molecule has 0 amide bonds. The predicted octanol–water partition coefficient (Wildman–Crippen LogP) is 5.91. The van der Waals surface area contributed by atoms with Crippen LogP contribution in [0.1, 0.15) is 113 Å². The van der Waals surface area contributed by atoms with Crippen LogP contribution in [-0.4, -0.2) is 55.0 Å². The zero-order valence-electron chi connectivity index (χ0n) is 23.6. The van der Waals surface area contributed by atoms with E-state index in [0.29, 0.717) is 6.42 Å². The van der Waals surface area contributed by atoms with Crippen LogP contribution in [0, 0.1) is 0 Å². The monoisotopic (exact) mass is 494 g/mol. The van der Waals surface area contributed by atoms with Crippen LogP contribution in [0.2, 0.25) is 0 Å². The second-order valence-electron chi connectivity index (χ2n) is 11.4. The van der Waals surface area contributed by atoms with Crippen LogP contribution in [0.4, 0.5) is 0 Å². The van der Waals surface area contributed by atoms with E-state index < -0.39 is 29.5 Å². The molecule has 0 radical (unpaired) electrons. The lowest BCUT2D eigenvalue weighted by Gasteiger charge is -2.26. The second kappa shape index (κ2) is 16.5. The van der Waals surface area contributed by atoms with Gasteiger partial charge in [-0.05, 0) is 112 Å². The average molecular weight is 495 g/mol. The smallest absolute Gasteiger partial charge is 0.0850 e. The molecule has 0 spiro atoms. The summed E-state index contributed by atoms with van der Waals surface area (Å²) in [7, 11) is 0. The summed E-state index contributed by atoms with van der Waals surface area (Å²) in [5.41, 5.74) is 2.54. The minimum Gasteiger partial charge on any atom is -0.390 e. The molecule has 0 saturated heterocycles. The zero-order chi connectivity index (χ0) is 27.2. The van der Waals surface area contributed by atoms with Gasteiger partial charge in [0.15, 0.2) is 0 Å². The van der Waals surface area contributed by atoms with E-state index in [1.165, 1.54) is 16.7 Å². The third-order valence-electron chi connectivity index (χ3n) is 6.60. The van der Waals surface area contributed by atoms with Gasteiger partial charge in [0.05, 0.1) is 29.5 Å². The number of allylic oxidation sites excluding steroid dienone is 7. The number of rotatable bonds is 17. The van der Waals surface area contributed by atoms with Gasteiger partial charge in [0.25, 0.3) is 0 Å². The minimum atomic E-state index is -1.22. The number of unbranched alkanes of at least 4 members (excludes halogenated alkanes) is 1. The summed E-state index contributed by atoms with van der Waals surface area (Å²) in [5.74, 6) is 0. The lowest BCUT2D eigenvalue weighted by Crippen LogP contribution is -2.38. The van der Waals surface area contributed by atoms with E-state index in [1.807, 2.05) is 13.0 Å². The quantitative estimate of drug-likeness (QED) is 0.128. The van der Waals surface area contributed by atoms with Crippen molar-refractivity contribution in [3.8, 4) is 0 Å². The van der Waals surface area contributed by atoms with Gasteiger partial charge in [-0.2, -0.15) is 0 Å². The Kier molecular flexibility index (Phi) is 15.9. The van der Waals surface area contributed by atoms with Crippen LogP contribution < -0.4 is 0 Å². The maximum atomic E-state index is 10.2. The first kappa shape index (κ1) is 33.8. The van der Waals surface area contributed by atoms with Crippen molar-refractivity contribution in [2.75, 3.05) is 0 Å². The van der Waals surface area contributed by atoms with Gasteiger partial charge in [0, 0.05) is 6.42 Å². The van der Waals surface area contributed by atoms with Crippen LogP contribution in [0.15, 0.2) is 46.6 Å². The van der Waals surface area contributed by atoms with Gasteiger partial charge >= 0.3 is 0 Å². The van der Waals surface area contributed by atoms with Crippen LogP contribution in [0.5, 0.6) is 0 Å². The highest BCUT2D eigenvalue weighted by Gasteiger charge is 2.27. The fraction of sp³-hybridized carbons (Fsp3) is 0.733. The Hall–Kier alpha value is -1.24. The van der Waals surface area contributed by atoms with Gasteiger partial charge < -0.3 is 25.5 Å². The van der Waals surface area contributed by atoms with Gasteiger partial charge in [0.1, 0.15) is 0 Å². The van der Waals surface area contributed by atoms with Crippen molar-refractivity contribution in [1.29, 1.82) is 0 Å². The van der Waals surface area contributed by atoms with Crippen LogP contribution in [0.3, 0.4) is 0 Å². The normalized spacial score (nSPS) is 17.5. The number of aliphatic hydroxyl groups is 5. The van der Waals surface area contributed by atoms with Gasteiger partial charge in [-0.15, -0.1) is 0 Å². The first-order valence-corrected chi connectivity index (χ1v) is 13.2. The van der Waals surface area contributed by atoms with E-state index in [2.05, 4.69) is 39.0 Å². The summed E-state index contributed by atoms with van der Waals surface area (Å²) >= 11 is 0. The van der Waals surface area contributed by atoms with Crippen molar-refractivity contribution >= 4 is 0 Å². The second-order valence-corrected chi connectivity index (χ2v) is 11.4. The van der Waals surface area contributed by atoms with Crippen LogP contribution in [-0.2, 0) is 0 Å². The molecule has 0 aromatic heterocycles. The standard InChI is InChI=1S/C30H54O5/c1-22(15-11-16-24(3)19-20-27(32)29(5,6)34)13-9-10-14-23(2)17-12-18-25(4)26(31)21-28(33)30(7,8)35/h13-14,16,18,26-28,31-35H,9-12,15,17,19-21H2,1-8H3. The third kappa shape index (κ3) is 17.0. The van der Waals surface area contributed by atoms with E-state index >= 15 is 0 Å². The molecule has 0 rings (SSSR count). The number of aliphatic hydroxyl groups excluding tert-OH is 3. The Morgan fingerprint density at radius 2 is 1.00 bits per heavy atom. The average Bonchev–Trinajstić information content (AvgIpc) is 2.73. The molecule has 204 valence electrons. The molecular formula is C30H54O5. The Labute approximate surface area is 215 Å². The molecule has 0 aromatic carbocycles. The van der Waals surface area contributed by atoms with Crippen molar-refractivity contribution in [3.05, 3.63) is 46.6 Å². The van der Waals surface area contributed by atoms with Crippen LogP contribution in [0.25, 0.3) is 0 Å². The Morgan fingerprint density at radius 3 is 1.46 bits per heavy atom. The molecule has 3 unspecified atom stereocenters. The summed E-state index contributed by atoms with van der Waals surface area (Å²) in [4.78, 5) is 0. The molecule has 35 heavy (non-hydrogen) atoms. The highest BCUT2D eigenvalue weighted by molar-refractivity contribution is 5.09. The van der Waals surface area contributed by atoms with E-state index in [4.69, 9.17) is 0 Å². The first-order chi connectivity index (χ1) is 16.0. The van der Waals surface area contributed by atoms with E-state index in [0.717, 1.165) is 50.5 Å². The lowest BCUT2D eigenvalue weighted by atomic mass is 9.93. The minimum absolute atomic E-state index is 0.132. The van der Waals surface area contributed by atoms with Gasteiger partial charge in [-0.25, -0.2) is 0 Å². The lowest BCUT2D eigenvalue weighted by molar-refractivity contribution is -0.0640. The predicted molar refractivity (Wildman–Crippen MR) is 147 cm³/mol. The molecular weight excluding hydrogens is 440 g/mol. The SMILES string of the molecule is CC(=CCCC=C(C)CCC=C(C)C(O)CC(O)C(C)(C)O)CCC=C(C)CCC(O)C(C)(C)O. The first-order valence-electron chi connectivity index (χ1n) is 13.2. The van der Waals surface area contributed by atoms with Crippen LogP contribution >= 0.6 is 0 Å². The van der Waals surface area contributed by atoms with Crippen molar-refractivity contribution < 1.29 is 25.5 Å². The summed E-state index contributed by atoms with van der Waals surface area (Å²) in [6.45, 7) is 14.6. The Bertz CT molecular complexity index is 716. The van der Waals surface area contributed by atoms with Crippen molar-refractivity contribution in [3.63, 3.8) is 0 Å². The molecule has 0 saturated carbocycles. The highest BCUT2D eigenvalue weighted by Crippen LogP contribution is 2.19. The number of hydrogen-bond acceptors (Lipinski definition) is 5. The maximum absolute atomic E-state index is 10.2. The molecule has 0 fully saturated rings. The molecule has 0 aliphatic rings. The topological polar surface area (TPSA) is 101 Å². The number of hydrogen-bond donors (Lipinski definition) is 5. The summed E-state index contributed by atoms with van der Waals surface area (Å²) in [6, 6.07) is 0. The van der Waals surface area contributed by atoms with Gasteiger partial charge in [-0.1, -0.05) is 41.0 Å². The highest BCUT2D eigenvalue weighted by atomic mass is 16.3. The molecule has 0 aliphatic heterocycles.